The van der Waals surface area contributed by atoms with Crippen molar-refractivity contribution in [1.29, 1.82) is 0 Å². The normalized spacial score (nSPS) is 16.5. The Morgan fingerprint density at radius 2 is 2.09 bits per heavy atom. The van der Waals surface area contributed by atoms with Crippen LogP contribution in [0.4, 0.5) is 9.93 Å². The molecule has 7 heteroatoms. The molecule has 23 heavy (non-hydrogen) atoms. The summed E-state index contributed by atoms with van der Waals surface area (Å²) in [6.07, 6.45) is 3.67. The Bertz CT molecular complexity index is 608. The fraction of sp³-hybridized carbons (Fsp3) is 0.688. The number of thiazole rings is 1. The number of carboxylic acids is 1. The van der Waals surface area contributed by atoms with Gasteiger partial charge >= 0.3 is 12.0 Å². The van der Waals surface area contributed by atoms with Gasteiger partial charge in [0.15, 0.2) is 5.13 Å². The van der Waals surface area contributed by atoms with Crippen LogP contribution in [-0.4, -0.2) is 27.6 Å². The van der Waals surface area contributed by atoms with Gasteiger partial charge in [-0.25, -0.2) is 9.78 Å². The molecule has 0 unspecified atom stereocenters. The van der Waals surface area contributed by atoms with E-state index in [1.165, 1.54) is 16.2 Å². The summed E-state index contributed by atoms with van der Waals surface area (Å²) < 4.78 is 0. The quantitative estimate of drug-likeness (QED) is 0.765. The summed E-state index contributed by atoms with van der Waals surface area (Å²) in [7, 11) is 0. The van der Waals surface area contributed by atoms with Crippen LogP contribution in [0, 0.1) is 0 Å². The van der Waals surface area contributed by atoms with E-state index in [2.05, 4.69) is 29.5 Å². The van der Waals surface area contributed by atoms with E-state index >= 15 is 0 Å². The third kappa shape index (κ3) is 4.67. The second-order valence-electron chi connectivity index (χ2n) is 7.38. The lowest BCUT2D eigenvalue weighted by atomic mass is 9.79. The molecule has 1 aliphatic carbocycles. The highest BCUT2D eigenvalue weighted by molar-refractivity contribution is 7.15. The number of aryl methyl sites for hydroxylation is 1. The Labute approximate surface area is 140 Å². The van der Waals surface area contributed by atoms with Crippen molar-refractivity contribution >= 4 is 28.5 Å². The number of anilines is 1. The molecule has 1 heterocycles. The molecule has 0 saturated carbocycles. The second-order valence-corrected chi connectivity index (χ2v) is 8.47. The van der Waals surface area contributed by atoms with Crippen molar-refractivity contribution in [1.82, 2.24) is 10.3 Å². The predicted molar refractivity (Wildman–Crippen MR) is 91.2 cm³/mol. The van der Waals surface area contributed by atoms with Gasteiger partial charge in [0.2, 0.25) is 0 Å². The van der Waals surface area contributed by atoms with Gasteiger partial charge in [-0.1, -0.05) is 13.8 Å². The van der Waals surface area contributed by atoms with Crippen LogP contribution in [0.15, 0.2) is 0 Å². The highest BCUT2D eigenvalue weighted by atomic mass is 32.1. The van der Waals surface area contributed by atoms with Gasteiger partial charge in [-0.2, -0.15) is 0 Å². The van der Waals surface area contributed by atoms with E-state index in [9.17, 15) is 9.59 Å². The standard InChI is InChI=1S/C16H25N3O3S/c1-15(2)8-5-6-10-12(15)17-14(23-10)18-13(22)19-16(3,4)9-7-11(20)21/h5-9H2,1-4H3,(H,20,21)(H2,17,18,19,22). The Balaban J connectivity index is 1.98. The molecule has 0 spiro atoms. The van der Waals surface area contributed by atoms with Crippen molar-refractivity contribution in [3.05, 3.63) is 10.6 Å². The molecule has 0 aromatic carbocycles. The van der Waals surface area contributed by atoms with Crippen molar-refractivity contribution in [2.75, 3.05) is 5.32 Å². The Morgan fingerprint density at radius 1 is 1.39 bits per heavy atom. The fourth-order valence-corrected chi connectivity index (χ4v) is 4.01. The van der Waals surface area contributed by atoms with Gasteiger partial charge in [0, 0.05) is 22.3 Å². The number of fused-ring (bicyclic) bond motifs is 1. The first kappa shape index (κ1) is 17.7. The van der Waals surface area contributed by atoms with Crippen LogP contribution in [0.5, 0.6) is 0 Å². The monoisotopic (exact) mass is 339 g/mol. The average molecular weight is 339 g/mol. The third-order valence-electron chi connectivity index (χ3n) is 4.18. The van der Waals surface area contributed by atoms with E-state index in [-0.39, 0.29) is 17.9 Å². The Kier molecular flexibility index (Phi) is 4.98. The van der Waals surface area contributed by atoms with Crippen LogP contribution in [0.25, 0.3) is 0 Å². The lowest BCUT2D eigenvalue weighted by Gasteiger charge is -2.27. The van der Waals surface area contributed by atoms with Gasteiger partial charge in [-0.15, -0.1) is 11.3 Å². The molecule has 1 aromatic rings. The molecule has 0 fully saturated rings. The number of nitrogens with one attached hydrogen (secondary N) is 2. The zero-order chi connectivity index (χ0) is 17.3. The summed E-state index contributed by atoms with van der Waals surface area (Å²) in [6, 6.07) is -0.343. The molecule has 0 saturated heterocycles. The summed E-state index contributed by atoms with van der Waals surface area (Å²) in [5.41, 5.74) is 0.564. The van der Waals surface area contributed by atoms with E-state index in [1.54, 1.807) is 0 Å². The number of hydrogen-bond acceptors (Lipinski definition) is 4. The van der Waals surface area contributed by atoms with E-state index in [0.29, 0.717) is 11.6 Å². The van der Waals surface area contributed by atoms with Gasteiger partial charge in [0.25, 0.3) is 0 Å². The second kappa shape index (κ2) is 6.47. The van der Waals surface area contributed by atoms with Crippen molar-refractivity contribution < 1.29 is 14.7 Å². The third-order valence-corrected chi connectivity index (χ3v) is 5.21. The molecule has 128 valence electrons. The smallest absolute Gasteiger partial charge is 0.321 e. The molecular formula is C16H25N3O3S. The molecule has 1 aliphatic rings. The summed E-state index contributed by atoms with van der Waals surface area (Å²) in [4.78, 5) is 28.7. The van der Waals surface area contributed by atoms with Crippen LogP contribution in [-0.2, 0) is 16.6 Å². The van der Waals surface area contributed by atoms with Crippen molar-refractivity contribution in [3.8, 4) is 0 Å². The number of amides is 2. The number of nitrogens with zero attached hydrogens (tertiary/aromatic N) is 1. The molecule has 0 aliphatic heterocycles. The van der Waals surface area contributed by atoms with Crippen LogP contribution in [0.3, 0.4) is 0 Å². The van der Waals surface area contributed by atoms with Crippen LogP contribution >= 0.6 is 11.3 Å². The fourth-order valence-electron chi connectivity index (χ4n) is 2.83. The van der Waals surface area contributed by atoms with E-state index in [4.69, 9.17) is 5.11 Å². The topological polar surface area (TPSA) is 91.3 Å². The maximum absolute atomic E-state index is 12.1. The van der Waals surface area contributed by atoms with E-state index < -0.39 is 11.5 Å². The van der Waals surface area contributed by atoms with Gasteiger partial charge in [0.1, 0.15) is 0 Å². The number of carbonyl (C=O) groups excluding carboxylic acids is 1. The first-order valence-corrected chi connectivity index (χ1v) is 8.72. The largest absolute Gasteiger partial charge is 0.481 e. The molecule has 1 aromatic heterocycles. The van der Waals surface area contributed by atoms with Crippen LogP contribution in [0.1, 0.15) is 63.9 Å². The Hall–Kier alpha value is -1.63. The number of hydrogen-bond donors (Lipinski definition) is 3. The highest BCUT2D eigenvalue weighted by Crippen LogP contribution is 2.40. The predicted octanol–water partition coefficient (Wildman–Crippen LogP) is 3.52. The molecule has 2 rings (SSSR count). The van der Waals surface area contributed by atoms with Crippen LogP contribution in [0.2, 0.25) is 0 Å². The van der Waals surface area contributed by atoms with Crippen molar-refractivity contribution in [2.24, 2.45) is 0 Å². The molecular weight excluding hydrogens is 314 g/mol. The Morgan fingerprint density at radius 3 is 2.70 bits per heavy atom. The molecule has 0 atom stereocenters. The number of carbonyl (C=O) groups is 2. The zero-order valence-electron chi connectivity index (χ0n) is 14.2. The lowest BCUT2D eigenvalue weighted by Crippen LogP contribution is -2.45. The molecule has 6 nitrogen and oxygen atoms in total. The van der Waals surface area contributed by atoms with Crippen LogP contribution < -0.4 is 10.6 Å². The maximum atomic E-state index is 12.1. The summed E-state index contributed by atoms with van der Waals surface area (Å²) in [5.74, 6) is -0.866. The summed E-state index contributed by atoms with van der Waals surface area (Å²) in [5, 5.41) is 15.0. The number of aromatic nitrogens is 1. The first-order chi connectivity index (χ1) is 10.6. The van der Waals surface area contributed by atoms with E-state index in [1.807, 2.05) is 13.8 Å². The van der Waals surface area contributed by atoms with Gasteiger partial charge in [0.05, 0.1) is 5.69 Å². The first-order valence-electron chi connectivity index (χ1n) is 7.90. The summed E-state index contributed by atoms with van der Waals surface area (Å²) >= 11 is 1.53. The lowest BCUT2D eigenvalue weighted by molar-refractivity contribution is -0.137. The van der Waals surface area contributed by atoms with Crippen molar-refractivity contribution in [3.63, 3.8) is 0 Å². The minimum Gasteiger partial charge on any atom is -0.481 e. The number of aliphatic carboxylic acids is 1. The average Bonchev–Trinajstić information content (AvgIpc) is 2.79. The number of urea groups is 1. The van der Waals surface area contributed by atoms with Gasteiger partial charge < -0.3 is 10.4 Å². The van der Waals surface area contributed by atoms with Gasteiger partial charge in [-0.05, 0) is 39.5 Å². The maximum Gasteiger partial charge on any atom is 0.321 e. The van der Waals surface area contributed by atoms with E-state index in [0.717, 1.165) is 25.0 Å². The number of rotatable bonds is 5. The summed E-state index contributed by atoms with van der Waals surface area (Å²) in [6.45, 7) is 7.99. The molecule has 0 bridgehead atoms. The highest BCUT2D eigenvalue weighted by Gasteiger charge is 2.31. The molecule has 0 radical (unpaired) electrons. The SMILES string of the molecule is CC(C)(CCC(=O)O)NC(=O)Nc1nc2c(s1)CCCC2(C)C. The molecule has 2 amide bonds. The number of carboxylic acid groups (broad SMARTS) is 1. The zero-order valence-corrected chi connectivity index (χ0v) is 15.0. The van der Waals surface area contributed by atoms with Gasteiger partial charge in [-0.3, -0.25) is 10.1 Å². The molecule has 3 N–H and O–H groups in total. The minimum absolute atomic E-state index is 0.0209. The minimum atomic E-state index is -0.866. The van der Waals surface area contributed by atoms with Crippen molar-refractivity contribution in [2.45, 2.75) is 70.8 Å².